The SMILES string of the molecule is Nc1ccccc1C(=O)OCC(=O)Nc1ccccc1N1CCOCC1. The predicted octanol–water partition coefficient (Wildman–Crippen LogP) is 1.90. The summed E-state index contributed by atoms with van der Waals surface area (Å²) < 4.78 is 10.4. The Morgan fingerprint density at radius 3 is 2.54 bits per heavy atom. The average Bonchev–Trinajstić information content (AvgIpc) is 2.67. The third kappa shape index (κ3) is 4.31. The number of hydrogen-bond donors (Lipinski definition) is 2. The molecule has 1 heterocycles. The standard InChI is InChI=1S/C19H21N3O4/c20-15-6-2-1-5-14(15)19(24)26-13-18(23)21-16-7-3-4-8-17(16)22-9-11-25-12-10-22/h1-8H,9-13,20H2,(H,21,23). The van der Waals surface area contributed by atoms with Crippen molar-refractivity contribution in [3.63, 3.8) is 0 Å². The van der Waals surface area contributed by atoms with E-state index in [0.717, 1.165) is 18.8 Å². The van der Waals surface area contributed by atoms with Crippen LogP contribution in [0.1, 0.15) is 10.4 Å². The Morgan fingerprint density at radius 2 is 1.77 bits per heavy atom. The highest BCUT2D eigenvalue weighted by Gasteiger charge is 2.17. The Morgan fingerprint density at radius 1 is 1.08 bits per heavy atom. The number of carbonyl (C=O) groups excluding carboxylic acids is 2. The van der Waals surface area contributed by atoms with Gasteiger partial charge in [0.1, 0.15) is 0 Å². The number of carbonyl (C=O) groups is 2. The summed E-state index contributed by atoms with van der Waals surface area (Å²) in [4.78, 5) is 26.4. The van der Waals surface area contributed by atoms with Gasteiger partial charge in [-0.05, 0) is 24.3 Å². The Balaban J connectivity index is 1.60. The number of nitrogens with one attached hydrogen (secondary N) is 1. The van der Waals surface area contributed by atoms with E-state index in [2.05, 4.69) is 10.2 Å². The molecule has 1 aliphatic rings. The Bertz CT molecular complexity index is 788. The molecule has 2 aromatic rings. The van der Waals surface area contributed by atoms with Crippen LogP contribution in [0.5, 0.6) is 0 Å². The first-order chi connectivity index (χ1) is 12.6. The van der Waals surface area contributed by atoms with Crippen LogP contribution in [0.15, 0.2) is 48.5 Å². The number of morpholine rings is 1. The van der Waals surface area contributed by atoms with Gasteiger partial charge >= 0.3 is 5.97 Å². The molecule has 1 aliphatic heterocycles. The van der Waals surface area contributed by atoms with Crippen LogP contribution in [-0.2, 0) is 14.3 Å². The lowest BCUT2D eigenvalue weighted by atomic mass is 10.2. The van der Waals surface area contributed by atoms with E-state index >= 15 is 0 Å². The number of nitrogens with zero attached hydrogens (tertiary/aromatic N) is 1. The second-order valence-corrected chi connectivity index (χ2v) is 5.83. The summed E-state index contributed by atoms with van der Waals surface area (Å²) in [6, 6.07) is 14.1. The lowest BCUT2D eigenvalue weighted by molar-refractivity contribution is -0.119. The van der Waals surface area contributed by atoms with Gasteiger partial charge in [0.25, 0.3) is 5.91 Å². The molecule has 2 aromatic carbocycles. The van der Waals surface area contributed by atoms with Crippen molar-refractivity contribution in [1.29, 1.82) is 0 Å². The molecule has 0 spiro atoms. The quantitative estimate of drug-likeness (QED) is 0.628. The van der Waals surface area contributed by atoms with Crippen LogP contribution in [-0.4, -0.2) is 44.8 Å². The van der Waals surface area contributed by atoms with Crippen molar-refractivity contribution in [2.45, 2.75) is 0 Å². The van der Waals surface area contributed by atoms with Gasteiger partial charge in [-0.3, -0.25) is 4.79 Å². The van der Waals surface area contributed by atoms with E-state index in [4.69, 9.17) is 15.2 Å². The summed E-state index contributed by atoms with van der Waals surface area (Å²) in [5.74, 6) is -1.03. The van der Waals surface area contributed by atoms with Crippen LogP contribution < -0.4 is 16.0 Å². The van der Waals surface area contributed by atoms with E-state index in [0.29, 0.717) is 24.6 Å². The summed E-state index contributed by atoms with van der Waals surface area (Å²) in [7, 11) is 0. The van der Waals surface area contributed by atoms with E-state index in [1.807, 2.05) is 24.3 Å². The number of hydrogen-bond acceptors (Lipinski definition) is 6. The second-order valence-electron chi connectivity index (χ2n) is 5.83. The van der Waals surface area contributed by atoms with Crippen molar-refractivity contribution in [1.82, 2.24) is 0 Å². The zero-order valence-corrected chi connectivity index (χ0v) is 14.3. The van der Waals surface area contributed by atoms with Gasteiger partial charge in [0.15, 0.2) is 6.61 Å². The largest absolute Gasteiger partial charge is 0.452 e. The van der Waals surface area contributed by atoms with Gasteiger partial charge in [-0.25, -0.2) is 4.79 Å². The van der Waals surface area contributed by atoms with Gasteiger partial charge < -0.3 is 25.4 Å². The Kier molecular flexibility index (Phi) is 5.70. The van der Waals surface area contributed by atoms with Gasteiger partial charge in [-0.2, -0.15) is 0 Å². The van der Waals surface area contributed by atoms with E-state index in [1.54, 1.807) is 24.3 Å². The average molecular weight is 355 g/mol. The molecule has 1 fully saturated rings. The molecular formula is C19H21N3O4. The van der Waals surface area contributed by atoms with Crippen molar-refractivity contribution >= 4 is 28.9 Å². The van der Waals surface area contributed by atoms with Gasteiger partial charge in [0, 0.05) is 18.8 Å². The fourth-order valence-electron chi connectivity index (χ4n) is 2.74. The molecular weight excluding hydrogens is 334 g/mol. The summed E-state index contributed by atoms with van der Waals surface area (Å²) in [6.45, 7) is 2.44. The first-order valence-corrected chi connectivity index (χ1v) is 8.38. The highest BCUT2D eigenvalue weighted by atomic mass is 16.5. The second kappa shape index (κ2) is 8.35. The fourth-order valence-corrected chi connectivity index (χ4v) is 2.74. The van der Waals surface area contributed by atoms with Crippen LogP contribution in [0.2, 0.25) is 0 Å². The molecule has 7 nitrogen and oxygen atoms in total. The minimum Gasteiger partial charge on any atom is -0.452 e. The van der Waals surface area contributed by atoms with Crippen LogP contribution in [0.3, 0.4) is 0 Å². The Labute approximate surface area is 151 Å². The number of benzene rings is 2. The van der Waals surface area contributed by atoms with Crippen LogP contribution in [0.25, 0.3) is 0 Å². The number of rotatable bonds is 5. The molecule has 0 unspecified atom stereocenters. The summed E-state index contributed by atoms with van der Waals surface area (Å²) >= 11 is 0. The number of para-hydroxylation sites is 3. The maximum Gasteiger partial charge on any atom is 0.340 e. The van der Waals surface area contributed by atoms with E-state index in [1.165, 1.54) is 0 Å². The van der Waals surface area contributed by atoms with E-state index in [9.17, 15) is 9.59 Å². The van der Waals surface area contributed by atoms with Gasteiger partial charge in [-0.1, -0.05) is 24.3 Å². The first kappa shape index (κ1) is 17.8. The number of nitrogen functional groups attached to an aromatic ring is 1. The molecule has 7 heteroatoms. The van der Waals surface area contributed by atoms with Crippen LogP contribution in [0.4, 0.5) is 17.1 Å². The van der Waals surface area contributed by atoms with Gasteiger partial charge in [-0.15, -0.1) is 0 Å². The van der Waals surface area contributed by atoms with Crippen LogP contribution in [0, 0.1) is 0 Å². The number of ether oxygens (including phenoxy) is 2. The Hall–Kier alpha value is -3.06. The molecule has 1 amide bonds. The number of esters is 1. The smallest absolute Gasteiger partial charge is 0.340 e. The molecule has 136 valence electrons. The lowest BCUT2D eigenvalue weighted by Gasteiger charge is -2.30. The molecule has 3 rings (SSSR count). The van der Waals surface area contributed by atoms with Crippen LogP contribution >= 0.6 is 0 Å². The molecule has 0 aliphatic carbocycles. The highest BCUT2D eigenvalue weighted by molar-refractivity contribution is 5.99. The zero-order chi connectivity index (χ0) is 18.4. The summed E-state index contributed by atoms with van der Waals surface area (Å²) in [5, 5.41) is 2.80. The maximum atomic E-state index is 12.2. The van der Waals surface area contributed by atoms with Crippen molar-refractivity contribution in [2.75, 3.05) is 48.9 Å². The van der Waals surface area contributed by atoms with Crippen molar-refractivity contribution in [2.24, 2.45) is 0 Å². The first-order valence-electron chi connectivity index (χ1n) is 8.38. The molecule has 0 bridgehead atoms. The molecule has 0 saturated carbocycles. The molecule has 0 radical (unpaired) electrons. The monoisotopic (exact) mass is 355 g/mol. The van der Waals surface area contributed by atoms with Crippen molar-refractivity contribution in [3.8, 4) is 0 Å². The molecule has 3 N–H and O–H groups in total. The third-order valence-electron chi connectivity index (χ3n) is 4.04. The third-order valence-corrected chi connectivity index (χ3v) is 4.04. The number of amides is 1. The molecule has 1 saturated heterocycles. The minimum atomic E-state index is -0.625. The number of anilines is 3. The van der Waals surface area contributed by atoms with Crippen molar-refractivity contribution < 1.29 is 19.1 Å². The lowest BCUT2D eigenvalue weighted by Crippen LogP contribution is -2.36. The molecule has 0 atom stereocenters. The molecule has 26 heavy (non-hydrogen) atoms. The van der Waals surface area contributed by atoms with E-state index in [-0.39, 0.29) is 12.2 Å². The maximum absolute atomic E-state index is 12.2. The van der Waals surface area contributed by atoms with Crippen molar-refractivity contribution in [3.05, 3.63) is 54.1 Å². The van der Waals surface area contributed by atoms with Gasteiger partial charge in [0.05, 0.1) is 30.2 Å². The predicted molar refractivity (Wildman–Crippen MR) is 99.2 cm³/mol. The van der Waals surface area contributed by atoms with Gasteiger partial charge in [0.2, 0.25) is 0 Å². The van der Waals surface area contributed by atoms with E-state index < -0.39 is 11.9 Å². The summed E-state index contributed by atoms with van der Waals surface area (Å²) in [5.41, 5.74) is 7.89. The number of nitrogens with two attached hydrogens (primary N) is 1. The highest BCUT2D eigenvalue weighted by Crippen LogP contribution is 2.26. The molecule has 0 aromatic heterocycles. The summed E-state index contributed by atoms with van der Waals surface area (Å²) in [6.07, 6.45) is 0. The zero-order valence-electron chi connectivity index (χ0n) is 14.3. The topological polar surface area (TPSA) is 93.9 Å². The minimum absolute atomic E-state index is 0.244. The fraction of sp³-hybridized carbons (Fsp3) is 0.263. The normalized spacial score (nSPS) is 13.9.